The summed E-state index contributed by atoms with van der Waals surface area (Å²) in [4.78, 5) is 13.8. The molecule has 0 unspecified atom stereocenters. The van der Waals surface area contributed by atoms with Gasteiger partial charge in [0.1, 0.15) is 0 Å². The molecule has 2 aliphatic rings. The fourth-order valence-electron chi connectivity index (χ4n) is 3.55. The zero-order valence-electron chi connectivity index (χ0n) is 11.2. The van der Waals surface area contributed by atoms with E-state index in [0.29, 0.717) is 5.92 Å². The average Bonchev–Trinajstić information content (AvgIpc) is 2.84. The average molecular weight is 259 g/mol. The zero-order chi connectivity index (χ0) is 13.3. The first kappa shape index (κ1) is 12.7. The molecule has 1 aliphatic heterocycles. The van der Waals surface area contributed by atoms with Crippen LogP contribution in [0.1, 0.15) is 37.2 Å². The molecule has 19 heavy (non-hydrogen) atoms. The standard InChI is InChI=1S/C16H21NO2/c18-15(19)16(8-4-5-9-16)12-17-10-14(11-17)13-6-2-1-3-7-13/h1-3,6-7,14H,4-5,8-12H2,(H,18,19). The van der Waals surface area contributed by atoms with Gasteiger partial charge in [-0.25, -0.2) is 0 Å². The molecular weight excluding hydrogens is 238 g/mol. The van der Waals surface area contributed by atoms with Crippen LogP contribution in [0.2, 0.25) is 0 Å². The largest absolute Gasteiger partial charge is 0.481 e. The lowest BCUT2D eigenvalue weighted by molar-refractivity contribution is -0.150. The summed E-state index contributed by atoms with van der Waals surface area (Å²) in [6.45, 7) is 2.77. The van der Waals surface area contributed by atoms with E-state index >= 15 is 0 Å². The van der Waals surface area contributed by atoms with Crippen molar-refractivity contribution in [2.45, 2.75) is 31.6 Å². The van der Waals surface area contributed by atoms with E-state index in [0.717, 1.165) is 45.3 Å². The van der Waals surface area contributed by atoms with Crippen LogP contribution < -0.4 is 0 Å². The molecule has 1 heterocycles. The second-order valence-electron chi connectivity index (χ2n) is 6.09. The number of carboxylic acids is 1. The Balaban J connectivity index is 1.58. The molecule has 0 bridgehead atoms. The van der Waals surface area contributed by atoms with Crippen molar-refractivity contribution in [1.29, 1.82) is 0 Å². The maximum Gasteiger partial charge on any atom is 0.310 e. The third-order valence-corrected chi connectivity index (χ3v) is 4.77. The number of nitrogens with zero attached hydrogens (tertiary/aromatic N) is 1. The summed E-state index contributed by atoms with van der Waals surface area (Å²) in [6, 6.07) is 10.5. The number of rotatable bonds is 4. The number of hydrogen-bond acceptors (Lipinski definition) is 2. The minimum Gasteiger partial charge on any atom is -0.481 e. The highest BCUT2D eigenvalue weighted by Gasteiger charge is 2.44. The fourth-order valence-corrected chi connectivity index (χ4v) is 3.55. The van der Waals surface area contributed by atoms with E-state index < -0.39 is 11.4 Å². The monoisotopic (exact) mass is 259 g/mol. The van der Waals surface area contributed by atoms with Crippen molar-refractivity contribution in [3.8, 4) is 0 Å². The summed E-state index contributed by atoms with van der Waals surface area (Å²) in [7, 11) is 0. The summed E-state index contributed by atoms with van der Waals surface area (Å²) in [6.07, 6.45) is 3.86. The predicted octanol–water partition coefficient (Wildman–Crippen LogP) is 2.73. The highest BCUT2D eigenvalue weighted by molar-refractivity contribution is 5.75. The van der Waals surface area contributed by atoms with E-state index in [1.54, 1.807) is 0 Å². The van der Waals surface area contributed by atoms with Gasteiger partial charge in [0.2, 0.25) is 0 Å². The second-order valence-corrected chi connectivity index (χ2v) is 6.09. The third kappa shape index (κ3) is 2.39. The maximum atomic E-state index is 11.5. The molecular formula is C16H21NO2. The molecule has 0 spiro atoms. The quantitative estimate of drug-likeness (QED) is 0.904. The lowest BCUT2D eigenvalue weighted by atomic mass is 9.82. The summed E-state index contributed by atoms with van der Waals surface area (Å²) < 4.78 is 0. The summed E-state index contributed by atoms with van der Waals surface area (Å²) in [5.74, 6) is 0.00149. The molecule has 3 nitrogen and oxygen atoms in total. The number of benzene rings is 1. The van der Waals surface area contributed by atoms with Gasteiger partial charge in [0, 0.05) is 25.6 Å². The molecule has 1 saturated carbocycles. The third-order valence-electron chi connectivity index (χ3n) is 4.77. The van der Waals surface area contributed by atoms with E-state index in [2.05, 4.69) is 29.2 Å². The van der Waals surface area contributed by atoms with Crippen LogP contribution in [0.15, 0.2) is 30.3 Å². The van der Waals surface area contributed by atoms with Crippen LogP contribution in [0.4, 0.5) is 0 Å². The summed E-state index contributed by atoms with van der Waals surface area (Å²) in [5.41, 5.74) is 0.927. The molecule has 1 saturated heterocycles. The minimum atomic E-state index is -0.590. The second kappa shape index (κ2) is 4.97. The molecule has 1 aromatic rings. The molecule has 0 radical (unpaired) electrons. The Kier molecular flexibility index (Phi) is 3.31. The highest BCUT2D eigenvalue weighted by Crippen LogP contribution is 2.41. The number of aliphatic carboxylic acids is 1. The molecule has 102 valence electrons. The Hall–Kier alpha value is -1.35. The molecule has 0 atom stereocenters. The maximum absolute atomic E-state index is 11.5. The van der Waals surface area contributed by atoms with Gasteiger partial charge < -0.3 is 10.0 Å². The SMILES string of the molecule is O=C(O)C1(CN2CC(c3ccccc3)C2)CCCC1. The van der Waals surface area contributed by atoms with Gasteiger partial charge >= 0.3 is 5.97 Å². The number of hydrogen-bond donors (Lipinski definition) is 1. The normalized spacial score (nSPS) is 23.2. The number of carbonyl (C=O) groups is 1. The highest BCUT2D eigenvalue weighted by atomic mass is 16.4. The van der Waals surface area contributed by atoms with Crippen molar-refractivity contribution in [1.82, 2.24) is 4.90 Å². The van der Waals surface area contributed by atoms with Gasteiger partial charge in [0.15, 0.2) is 0 Å². The lowest BCUT2D eigenvalue weighted by Crippen LogP contribution is -2.51. The van der Waals surface area contributed by atoms with Crippen LogP contribution in [-0.4, -0.2) is 35.6 Å². The molecule has 1 aromatic carbocycles. The van der Waals surface area contributed by atoms with Gasteiger partial charge in [-0.05, 0) is 18.4 Å². The number of carboxylic acid groups (broad SMARTS) is 1. The van der Waals surface area contributed by atoms with Crippen molar-refractivity contribution in [2.75, 3.05) is 19.6 Å². The van der Waals surface area contributed by atoms with Gasteiger partial charge in [-0.3, -0.25) is 4.79 Å². The van der Waals surface area contributed by atoms with Gasteiger partial charge in [-0.1, -0.05) is 43.2 Å². The summed E-state index contributed by atoms with van der Waals surface area (Å²) in [5, 5.41) is 9.49. The van der Waals surface area contributed by atoms with Crippen molar-refractivity contribution in [3.05, 3.63) is 35.9 Å². The molecule has 3 rings (SSSR count). The Morgan fingerprint density at radius 2 is 1.84 bits per heavy atom. The van der Waals surface area contributed by atoms with Crippen LogP contribution >= 0.6 is 0 Å². The topological polar surface area (TPSA) is 40.5 Å². The van der Waals surface area contributed by atoms with E-state index in [1.807, 2.05) is 6.07 Å². The Morgan fingerprint density at radius 1 is 1.21 bits per heavy atom. The Bertz CT molecular complexity index is 445. The zero-order valence-corrected chi connectivity index (χ0v) is 11.2. The smallest absolute Gasteiger partial charge is 0.310 e. The molecule has 0 amide bonds. The van der Waals surface area contributed by atoms with Gasteiger partial charge in [0.05, 0.1) is 5.41 Å². The van der Waals surface area contributed by atoms with E-state index in [1.165, 1.54) is 5.56 Å². The van der Waals surface area contributed by atoms with Gasteiger partial charge in [-0.2, -0.15) is 0 Å². The Morgan fingerprint density at radius 3 is 2.42 bits per heavy atom. The first-order valence-corrected chi connectivity index (χ1v) is 7.20. The molecule has 1 N–H and O–H groups in total. The lowest BCUT2D eigenvalue weighted by Gasteiger charge is -2.43. The predicted molar refractivity (Wildman–Crippen MR) is 74.2 cm³/mol. The van der Waals surface area contributed by atoms with Gasteiger partial charge in [-0.15, -0.1) is 0 Å². The molecule has 0 aromatic heterocycles. The molecule has 2 fully saturated rings. The summed E-state index contributed by atoms with van der Waals surface area (Å²) >= 11 is 0. The van der Waals surface area contributed by atoms with Crippen LogP contribution in [0, 0.1) is 5.41 Å². The van der Waals surface area contributed by atoms with Crippen molar-refractivity contribution >= 4 is 5.97 Å². The molecule has 1 aliphatic carbocycles. The first-order chi connectivity index (χ1) is 9.20. The van der Waals surface area contributed by atoms with Crippen molar-refractivity contribution < 1.29 is 9.90 Å². The van der Waals surface area contributed by atoms with E-state index in [9.17, 15) is 9.90 Å². The first-order valence-electron chi connectivity index (χ1n) is 7.20. The van der Waals surface area contributed by atoms with E-state index in [-0.39, 0.29) is 0 Å². The van der Waals surface area contributed by atoms with Crippen LogP contribution in [0.5, 0.6) is 0 Å². The van der Waals surface area contributed by atoms with Gasteiger partial charge in [0.25, 0.3) is 0 Å². The van der Waals surface area contributed by atoms with E-state index in [4.69, 9.17) is 0 Å². The van der Waals surface area contributed by atoms with Crippen molar-refractivity contribution in [2.24, 2.45) is 5.41 Å². The Labute approximate surface area is 114 Å². The van der Waals surface area contributed by atoms with Crippen LogP contribution in [0.3, 0.4) is 0 Å². The minimum absolute atomic E-state index is 0.457. The molecule has 3 heteroatoms. The van der Waals surface area contributed by atoms with Crippen LogP contribution in [0.25, 0.3) is 0 Å². The van der Waals surface area contributed by atoms with Crippen molar-refractivity contribution in [3.63, 3.8) is 0 Å². The van der Waals surface area contributed by atoms with Crippen LogP contribution in [-0.2, 0) is 4.79 Å². The number of likely N-dealkylation sites (tertiary alicyclic amines) is 1. The fraction of sp³-hybridized carbons (Fsp3) is 0.562.